The Hall–Kier alpha value is -6.13. The molecule has 2 aromatic carbocycles. The number of rotatable bonds is 11. The summed E-state index contributed by atoms with van der Waals surface area (Å²) in [5.74, 6) is 0.113. The molecular weight excluding hydrogens is 816 g/mol. The van der Waals surface area contributed by atoms with Gasteiger partial charge in [-0.1, -0.05) is 37.1 Å². The minimum absolute atomic E-state index is 0.0699. The van der Waals surface area contributed by atoms with Crippen molar-refractivity contribution in [3.8, 4) is 5.75 Å². The number of amides is 3. The number of nitrogens with two attached hydrogens (primary N) is 3. The Bertz CT molecular complexity index is 2290. The normalized spacial score (nSPS) is 19.2. The molecule has 0 bridgehead atoms. The summed E-state index contributed by atoms with van der Waals surface area (Å²) in [6.07, 6.45) is 11.5. The number of aldehydes is 1. The van der Waals surface area contributed by atoms with E-state index in [1.807, 2.05) is 66.9 Å². The lowest BCUT2D eigenvalue weighted by Crippen LogP contribution is -2.50. The van der Waals surface area contributed by atoms with Crippen molar-refractivity contribution in [2.24, 2.45) is 24.2 Å². The van der Waals surface area contributed by atoms with Gasteiger partial charge >= 0.3 is 6.03 Å². The van der Waals surface area contributed by atoms with Gasteiger partial charge in [-0.25, -0.2) is 14.2 Å². The third-order valence-corrected chi connectivity index (χ3v) is 12.3. The standard InChI is InChI=1S/C34H47FN6O3.C14H18N4O2/c1-24-21-41(29(32(37)38)20-28(36)27-8-4-5-9-30(27)42)22-31(44-24)25-10-12-26(13-11-25)33(43)40-18-14-34(35,15-19-40)23-39-16-6-2-3-7-17-39;1-10-9-17(3)13-12(10)7-11(8-16-13)18(5-4-6-19)14(20)15-2/h4-5,8-13,20,24,31,42H,2-3,6-7,14-19,21-23,36-38H2,1H3;6-9H,4-5H2,1-3H3,(H,15,20)/b28-20-;. The van der Waals surface area contributed by atoms with Gasteiger partial charge in [0, 0.05) is 101 Å². The number of hydrogen-bond donors (Lipinski definition) is 5. The number of aromatic hydroxyl groups is 1. The zero-order valence-electron chi connectivity index (χ0n) is 37.6. The first-order valence-corrected chi connectivity index (χ1v) is 22.3. The minimum atomic E-state index is -1.23. The molecule has 3 aliphatic heterocycles. The molecule has 0 aliphatic carbocycles. The average Bonchev–Trinajstić information content (AvgIpc) is 3.40. The SMILES string of the molecule is CC1CN(C(/C=C(\N)c2ccccc2O)=C(N)N)CC(c2ccc(C(=O)N3CCC(F)(CN4CCCCCC4)CC3)cc2)O1.CNC(=O)N(CCC=O)c1cnc2c(c1)c(C)cn2C. The molecule has 0 spiro atoms. The number of nitrogens with one attached hydrogen (secondary N) is 1. The summed E-state index contributed by atoms with van der Waals surface area (Å²) < 4.78 is 23.9. The fourth-order valence-electron chi connectivity index (χ4n) is 8.87. The molecule has 64 heavy (non-hydrogen) atoms. The number of fused-ring (bicyclic) bond motifs is 1. The van der Waals surface area contributed by atoms with Crippen molar-refractivity contribution in [3.05, 3.63) is 107 Å². The van der Waals surface area contributed by atoms with Crippen molar-refractivity contribution in [2.45, 2.75) is 76.7 Å². The summed E-state index contributed by atoms with van der Waals surface area (Å²) in [5.41, 5.74) is 22.9. The molecule has 16 heteroatoms. The molecule has 3 saturated heterocycles. The number of benzene rings is 2. The molecule has 344 valence electrons. The van der Waals surface area contributed by atoms with E-state index in [2.05, 4.69) is 15.2 Å². The van der Waals surface area contributed by atoms with Gasteiger partial charge in [0.2, 0.25) is 0 Å². The van der Waals surface area contributed by atoms with E-state index in [0.29, 0.717) is 86.7 Å². The molecule has 0 saturated carbocycles. The lowest BCUT2D eigenvalue weighted by molar-refractivity contribution is -0.107. The number of urea groups is 1. The number of hydrogen-bond acceptors (Lipinski definition) is 11. The maximum Gasteiger partial charge on any atom is 0.321 e. The highest BCUT2D eigenvalue weighted by atomic mass is 19.1. The number of anilines is 1. The second-order valence-electron chi connectivity index (χ2n) is 17.2. The van der Waals surface area contributed by atoms with Gasteiger partial charge < -0.3 is 56.4 Å². The number of phenolic OH excluding ortho intramolecular Hbond substituents is 1. The number of para-hydroxylation sites is 1. The van der Waals surface area contributed by atoms with E-state index in [4.69, 9.17) is 21.9 Å². The highest BCUT2D eigenvalue weighted by molar-refractivity contribution is 5.95. The number of aryl methyl sites for hydroxylation is 2. The largest absolute Gasteiger partial charge is 0.507 e. The summed E-state index contributed by atoms with van der Waals surface area (Å²) in [6, 6.07) is 16.0. The summed E-state index contributed by atoms with van der Waals surface area (Å²) in [5, 5.41) is 13.8. The van der Waals surface area contributed by atoms with E-state index in [9.17, 15) is 19.5 Å². The van der Waals surface area contributed by atoms with Crippen LogP contribution in [0.3, 0.4) is 0 Å². The minimum Gasteiger partial charge on any atom is -0.507 e. The Morgan fingerprint density at radius 2 is 1.69 bits per heavy atom. The van der Waals surface area contributed by atoms with Gasteiger partial charge in [0.1, 0.15) is 35.3 Å². The van der Waals surface area contributed by atoms with E-state index in [0.717, 1.165) is 54.4 Å². The molecule has 5 heterocycles. The number of likely N-dealkylation sites (tertiary alicyclic amines) is 2. The summed E-state index contributed by atoms with van der Waals surface area (Å²) in [4.78, 5) is 47.8. The quantitative estimate of drug-likeness (QED) is 0.0918. The molecule has 2 atom stereocenters. The third kappa shape index (κ3) is 11.7. The topological polar surface area (TPSA) is 202 Å². The van der Waals surface area contributed by atoms with E-state index in [-0.39, 0.29) is 35.7 Å². The lowest BCUT2D eigenvalue weighted by Gasteiger charge is -2.39. The Morgan fingerprint density at radius 1 is 1.00 bits per heavy atom. The first-order chi connectivity index (χ1) is 30.7. The number of phenols is 1. The van der Waals surface area contributed by atoms with Crippen LogP contribution >= 0.6 is 0 Å². The van der Waals surface area contributed by atoms with E-state index in [1.165, 1.54) is 17.7 Å². The van der Waals surface area contributed by atoms with Crippen molar-refractivity contribution in [3.63, 3.8) is 0 Å². The Balaban J connectivity index is 0.000000284. The molecule has 8 N–H and O–H groups in total. The second-order valence-corrected chi connectivity index (χ2v) is 17.2. The summed E-state index contributed by atoms with van der Waals surface area (Å²) in [7, 11) is 3.50. The van der Waals surface area contributed by atoms with Crippen LogP contribution in [0.25, 0.3) is 16.7 Å². The van der Waals surface area contributed by atoms with E-state index < -0.39 is 5.67 Å². The summed E-state index contributed by atoms with van der Waals surface area (Å²) >= 11 is 0. The number of pyridine rings is 1. The predicted octanol–water partition coefficient (Wildman–Crippen LogP) is 5.68. The number of morpholine rings is 1. The van der Waals surface area contributed by atoms with Crippen molar-refractivity contribution >= 4 is 40.6 Å². The fourth-order valence-corrected chi connectivity index (χ4v) is 8.87. The number of allylic oxidation sites excluding steroid dienone is 1. The number of carbonyl (C=O) groups excluding carboxylic acids is 3. The number of piperidine rings is 1. The molecule has 2 unspecified atom stereocenters. The zero-order chi connectivity index (χ0) is 46.0. The number of nitrogens with zero attached hydrogens (tertiary/aromatic N) is 6. The summed E-state index contributed by atoms with van der Waals surface area (Å²) in [6.45, 7) is 8.61. The highest BCUT2D eigenvalue weighted by Gasteiger charge is 2.38. The molecule has 7 rings (SSSR count). The number of carbonyl (C=O) groups is 3. The van der Waals surface area contributed by atoms with Gasteiger partial charge in [-0.15, -0.1) is 0 Å². The van der Waals surface area contributed by atoms with Crippen molar-refractivity contribution in [2.75, 3.05) is 64.3 Å². The van der Waals surface area contributed by atoms with Crippen LogP contribution in [0, 0.1) is 6.92 Å². The molecule has 3 amide bonds. The number of halogens is 1. The van der Waals surface area contributed by atoms with Crippen LogP contribution < -0.4 is 27.4 Å². The fraction of sp³-hybridized carbons (Fsp3) is 0.458. The van der Waals surface area contributed by atoms with Gasteiger partial charge in [-0.3, -0.25) is 9.69 Å². The Labute approximate surface area is 375 Å². The Morgan fingerprint density at radius 3 is 2.33 bits per heavy atom. The second kappa shape index (κ2) is 21.5. The van der Waals surface area contributed by atoms with Crippen LogP contribution in [-0.4, -0.2) is 119 Å². The molecule has 0 radical (unpaired) electrons. The lowest BCUT2D eigenvalue weighted by atomic mass is 9.92. The van der Waals surface area contributed by atoms with E-state index >= 15 is 4.39 Å². The smallest absolute Gasteiger partial charge is 0.321 e. The van der Waals surface area contributed by atoms with Gasteiger partial charge in [0.05, 0.1) is 23.7 Å². The van der Waals surface area contributed by atoms with Crippen LogP contribution in [0.5, 0.6) is 5.75 Å². The number of aromatic nitrogens is 2. The number of alkyl halides is 1. The van der Waals surface area contributed by atoms with Crippen LogP contribution in [0.1, 0.15) is 85.0 Å². The average molecular weight is 881 g/mol. The molecule has 3 fully saturated rings. The maximum atomic E-state index is 15.7. The maximum absolute atomic E-state index is 15.7. The number of ether oxygens (including phenoxy) is 1. The zero-order valence-corrected chi connectivity index (χ0v) is 37.6. The molecular formula is C48H65FN10O5. The predicted molar refractivity (Wildman–Crippen MR) is 249 cm³/mol. The molecule has 4 aromatic rings. The van der Waals surface area contributed by atoms with Gasteiger partial charge in [-0.2, -0.15) is 0 Å². The van der Waals surface area contributed by atoms with Crippen LogP contribution in [-0.2, 0) is 16.6 Å². The first kappa shape index (κ1) is 47.4. The van der Waals surface area contributed by atoms with Crippen LogP contribution in [0.15, 0.2) is 84.6 Å². The highest BCUT2D eigenvalue weighted by Crippen LogP contribution is 2.32. The molecule has 3 aliphatic rings. The molecule has 15 nitrogen and oxygen atoms in total. The van der Waals surface area contributed by atoms with E-state index in [1.54, 1.807) is 48.5 Å². The van der Waals surface area contributed by atoms with Gasteiger partial charge in [0.15, 0.2) is 0 Å². The van der Waals surface area contributed by atoms with Gasteiger partial charge in [0.25, 0.3) is 5.91 Å². The monoisotopic (exact) mass is 881 g/mol. The van der Waals surface area contributed by atoms with Crippen molar-refractivity contribution in [1.29, 1.82) is 0 Å². The third-order valence-electron chi connectivity index (χ3n) is 12.3. The molecule has 2 aromatic heterocycles. The van der Waals surface area contributed by atoms with Crippen molar-refractivity contribution in [1.82, 2.24) is 29.6 Å². The van der Waals surface area contributed by atoms with Crippen LogP contribution in [0.2, 0.25) is 0 Å². The first-order valence-electron chi connectivity index (χ1n) is 22.3. The Kier molecular flexibility index (Phi) is 15.9. The van der Waals surface area contributed by atoms with Crippen LogP contribution in [0.4, 0.5) is 14.9 Å². The van der Waals surface area contributed by atoms with Crippen molar-refractivity contribution < 1.29 is 28.6 Å². The van der Waals surface area contributed by atoms with Gasteiger partial charge in [-0.05, 0) is 87.3 Å².